The number of ketones is 1. The van der Waals surface area contributed by atoms with Gasteiger partial charge in [-0.3, -0.25) is 34.6 Å². The molecule has 1 aromatic rings. The zero-order chi connectivity index (χ0) is 18.4. The van der Waals surface area contributed by atoms with Crippen LogP contribution in [0.2, 0.25) is 0 Å². The second-order valence-electron chi connectivity index (χ2n) is 6.73. The molecule has 2 N–H and O–H groups in total. The van der Waals surface area contributed by atoms with Crippen molar-refractivity contribution in [3.8, 4) is 0 Å². The number of anilines is 1. The molecule has 0 radical (unpaired) electrons. The highest BCUT2D eigenvalue weighted by atomic mass is 16.2. The molecule has 0 aliphatic carbocycles. The Morgan fingerprint density at radius 3 is 2.31 bits per heavy atom. The number of Topliss-reactive ketones (excluding diaryl/α,β-unsaturated/α-hetero) is 1. The number of imide groups is 2. The van der Waals surface area contributed by atoms with Crippen molar-refractivity contribution in [1.29, 1.82) is 0 Å². The van der Waals surface area contributed by atoms with Crippen LogP contribution in [0.3, 0.4) is 0 Å². The number of hydrogen-bond acceptors (Lipinski definition) is 6. The van der Waals surface area contributed by atoms with E-state index in [0.29, 0.717) is 37.2 Å². The largest absolute Gasteiger partial charge is 0.370 e. The topological polar surface area (TPSA) is 113 Å². The molecule has 3 heterocycles. The van der Waals surface area contributed by atoms with Crippen LogP contribution < -0.4 is 15.5 Å². The van der Waals surface area contributed by atoms with Gasteiger partial charge in [0.05, 0.1) is 17.0 Å². The first-order valence-corrected chi connectivity index (χ1v) is 8.58. The van der Waals surface area contributed by atoms with Crippen molar-refractivity contribution < 1.29 is 24.0 Å². The molecule has 26 heavy (non-hydrogen) atoms. The van der Waals surface area contributed by atoms with E-state index in [0.717, 1.165) is 0 Å². The molecule has 0 saturated carbocycles. The maximum absolute atomic E-state index is 12.5. The van der Waals surface area contributed by atoms with E-state index in [2.05, 4.69) is 10.6 Å². The number of carbonyl (C=O) groups is 5. The molecule has 2 fully saturated rings. The van der Waals surface area contributed by atoms with Crippen LogP contribution in [0.25, 0.3) is 0 Å². The second-order valence-corrected chi connectivity index (χ2v) is 6.73. The van der Waals surface area contributed by atoms with E-state index in [1.54, 1.807) is 12.1 Å². The van der Waals surface area contributed by atoms with Crippen molar-refractivity contribution in [1.82, 2.24) is 10.6 Å². The Labute approximate surface area is 148 Å². The van der Waals surface area contributed by atoms with E-state index in [-0.39, 0.29) is 35.7 Å². The third-order valence-electron chi connectivity index (χ3n) is 5.17. The molecule has 4 rings (SSSR count). The van der Waals surface area contributed by atoms with Crippen molar-refractivity contribution in [2.75, 3.05) is 18.0 Å². The van der Waals surface area contributed by atoms with Gasteiger partial charge in [0, 0.05) is 43.6 Å². The molecule has 8 nitrogen and oxygen atoms in total. The minimum Gasteiger partial charge on any atom is -0.370 e. The van der Waals surface area contributed by atoms with Crippen molar-refractivity contribution in [3.05, 3.63) is 28.8 Å². The Bertz CT molecular complexity index is 866. The summed E-state index contributed by atoms with van der Waals surface area (Å²) in [5.74, 6) is -2.33. The molecule has 2 saturated heterocycles. The van der Waals surface area contributed by atoms with Crippen LogP contribution in [-0.4, -0.2) is 42.5 Å². The van der Waals surface area contributed by atoms with Gasteiger partial charge >= 0.3 is 0 Å². The number of amides is 4. The van der Waals surface area contributed by atoms with Crippen molar-refractivity contribution >= 4 is 35.1 Å². The molecule has 8 heteroatoms. The molecule has 3 aliphatic heterocycles. The highest BCUT2D eigenvalue weighted by molar-refractivity contribution is 6.23. The zero-order valence-electron chi connectivity index (χ0n) is 14.0. The Morgan fingerprint density at radius 2 is 1.62 bits per heavy atom. The average Bonchev–Trinajstić information content (AvgIpc) is 2.90. The number of piperidine rings is 2. The van der Waals surface area contributed by atoms with E-state index in [4.69, 9.17) is 0 Å². The van der Waals surface area contributed by atoms with Gasteiger partial charge in [-0.05, 0) is 18.6 Å². The molecule has 0 bridgehead atoms. The summed E-state index contributed by atoms with van der Waals surface area (Å²) in [7, 11) is 0. The molecule has 4 amide bonds. The van der Waals surface area contributed by atoms with E-state index in [1.807, 2.05) is 4.90 Å². The lowest BCUT2D eigenvalue weighted by Gasteiger charge is -2.33. The fraction of sp³-hybridized carbons (Fsp3) is 0.389. The number of nitrogens with zero attached hydrogens (tertiary/aromatic N) is 1. The lowest BCUT2D eigenvalue weighted by molar-refractivity contribution is -0.134. The van der Waals surface area contributed by atoms with Gasteiger partial charge in [0.1, 0.15) is 5.78 Å². The van der Waals surface area contributed by atoms with Gasteiger partial charge in [-0.15, -0.1) is 0 Å². The Kier molecular flexibility index (Phi) is 3.82. The second kappa shape index (κ2) is 6.05. The van der Waals surface area contributed by atoms with E-state index < -0.39 is 23.6 Å². The minimum absolute atomic E-state index is 0.174. The van der Waals surface area contributed by atoms with Crippen molar-refractivity contribution in [2.45, 2.75) is 31.6 Å². The third kappa shape index (κ3) is 2.58. The normalized spacial score (nSPS) is 23.0. The molecule has 1 aromatic carbocycles. The molecule has 3 aliphatic rings. The number of hydrogen-bond donors (Lipinski definition) is 2. The molecule has 0 spiro atoms. The molecule has 0 aromatic heterocycles. The summed E-state index contributed by atoms with van der Waals surface area (Å²) < 4.78 is 0. The number of rotatable bonds is 2. The standard InChI is InChI=1S/C18H17N3O5/c22-9-5-7-21(8-6-9)12-3-1-11-15(18(26)20-17(11)25)14(12)10-2-4-13(23)19-16(10)24/h1,3,10H,2,4-8H2,(H,19,23,24)(H,20,25,26). The summed E-state index contributed by atoms with van der Waals surface area (Å²) >= 11 is 0. The summed E-state index contributed by atoms with van der Waals surface area (Å²) in [6.45, 7) is 0.987. The Balaban J connectivity index is 1.84. The summed E-state index contributed by atoms with van der Waals surface area (Å²) in [5, 5.41) is 4.59. The molecular weight excluding hydrogens is 338 g/mol. The van der Waals surface area contributed by atoms with Crippen LogP contribution in [0.1, 0.15) is 57.9 Å². The fourth-order valence-electron chi connectivity index (χ4n) is 3.87. The monoisotopic (exact) mass is 355 g/mol. The maximum atomic E-state index is 12.5. The summed E-state index contributed by atoms with van der Waals surface area (Å²) in [5.41, 5.74) is 1.60. The predicted octanol–water partition coefficient (Wildman–Crippen LogP) is 0.260. The van der Waals surface area contributed by atoms with Crippen LogP contribution in [0.15, 0.2) is 12.1 Å². The first kappa shape index (κ1) is 16.4. The Hall–Kier alpha value is -3.03. The summed E-state index contributed by atoms with van der Waals surface area (Å²) in [6.07, 6.45) is 1.25. The summed E-state index contributed by atoms with van der Waals surface area (Å²) in [6, 6.07) is 3.31. The highest BCUT2D eigenvalue weighted by Crippen LogP contribution is 2.39. The third-order valence-corrected chi connectivity index (χ3v) is 5.17. The summed E-state index contributed by atoms with van der Waals surface area (Å²) in [4.78, 5) is 61.9. The van der Waals surface area contributed by atoms with Crippen LogP contribution in [-0.2, 0) is 14.4 Å². The van der Waals surface area contributed by atoms with Crippen LogP contribution in [0.4, 0.5) is 5.69 Å². The van der Waals surface area contributed by atoms with Gasteiger partial charge in [-0.1, -0.05) is 0 Å². The molecule has 1 atom stereocenters. The van der Waals surface area contributed by atoms with Gasteiger partial charge in [-0.2, -0.15) is 0 Å². The highest BCUT2D eigenvalue weighted by Gasteiger charge is 2.39. The molecular formula is C18H17N3O5. The molecule has 134 valence electrons. The minimum atomic E-state index is -0.688. The lowest BCUT2D eigenvalue weighted by atomic mass is 9.84. The predicted molar refractivity (Wildman–Crippen MR) is 89.8 cm³/mol. The van der Waals surface area contributed by atoms with Gasteiger partial charge < -0.3 is 4.90 Å². The fourth-order valence-corrected chi connectivity index (χ4v) is 3.87. The van der Waals surface area contributed by atoms with Crippen LogP contribution in [0, 0.1) is 0 Å². The lowest BCUT2D eigenvalue weighted by Crippen LogP contribution is -2.41. The van der Waals surface area contributed by atoms with Crippen molar-refractivity contribution in [2.24, 2.45) is 0 Å². The van der Waals surface area contributed by atoms with Crippen LogP contribution in [0.5, 0.6) is 0 Å². The zero-order valence-corrected chi connectivity index (χ0v) is 14.0. The Morgan fingerprint density at radius 1 is 0.885 bits per heavy atom. The van der Waals surface area contributed by atoms with E-state index in [1.165, 1.54) is 0 Å². The van der Waals surface area contributed by atoms with Gasteiger partial charge in [0.15, 0.2) is 0 Å². The number of benzene rings is 1. The smallest absolute Gasteiger partial charge is 0.259 e. The van der Waals surface area contributed by atoms with Crippen LogP contribution >= 0.6 is 0 Å². The average molecular weight is 355 g/mol. The number of fused-ring (bicyclic) bond motifs is 1. The maximum Gasteiger partial charge on any atom is 0.259 e. The quantitative estimate of drug-likeness (QED) is 0.736. The van der Waals surface area contributed by atoms with E-state index in [9.17, 15) is 24.0 Å². The number of carbonyl (C=O) groups excluding carboxylic acids is 5. The van der Waals surface area contributed by atoms with Crippen molar-refractivity contribution in [3.63, 3.8) is 0 Å². The SMILES string of the molecule is O=C1CCN(c2ccc3c(c2C2CCC(=O)NC2=O)C(=O)NC3=O)CC1. The van der Waals surface area contributed by atoms with E-state index >= 15 is 0 Å². The molecule has 1 unspecified atom stereocenters. The van der Waals surface area contributed by atoms with Gasteiger partial charge in [0.2, 0.25) is 11.8 Å². The first-order chi connectivity index (χ1) is 12.5. The first-order valence-electron chi connectivity index (χ1n) is 8.58. The van der Waals surface area contributed by atoms with Gasteiger partial charge in [0.25, 0.3) is 11.8 Å². The van der Waals surface area contributed by atoms with Gasteiger partial charge in [-0.25, -0.2) is 0 Å². The number of nitrogens with one attached hydrogen (secondary N) is 2.